The SMILES string of the molecule is CC(=O)O[C@H]1CC[C@@]2(C)C(CC[C@]3(C)C2C(=O)C=C2[C@@H]4C[C@@](C)(C(=O)O)CC[C@]4(C)CCC23C)C1(C)C. The second-order valence-corrected chi connectivity index (χ2v) is 15.5. The smallest absolute Gasteiger partial charge is 0.309 e. The molecule has 1 N–H and O–H groups in total. The third-order valence-corrected chi connectivity index (χ3v) is 13.3. The molecule has 37 heavy (non-hydrogen) atoms. The largest absolute Gasteiger partial charge is 0.481 e. The third-order valence-electron chi connectivity index (χ3n) is 13.3. The molecule has 0 radical (unpaired) electrons. The van der Waals surface area contributed by atoms with Crippen molar-refractivity contribution in [3.8, 4) is 0 Å². The number of hydrogen-bond donors (Lipinski definition) is 1. The molecule has 5 aliphatic carbocycles. The molecule has 0 heterocycles. The standard InChI is InChI=1S/C32H48O5/c1-19(33)37-24-10-11-30(6)23(27(24,2)3)9-12-32(8)25(30)22(34)17-20-21-18-29(5,26(35)36)14-13-28(21,4)15-16-31(20,32)7/h17,21,23-25H,9-16,18H2,1-8H3,(H,35,36)/t21-,23?,24-,25?,28+,29-,30-,31?,32+/m0/s1. The summed E-state index contributed by atoms with van der Waals surface area (Å²) in [6.07, 6.45) is 10.0. The molecular formula is C32H48O5. The van der Waals surface area contributed by atoms with Crippen LogP contribution in [-0.2, 0) is 19.1 Å². The van der Waals surface area contributed by atoms with E-state index in [0.717, 1.165) is 44.9 Å². The Kier molecular flexibility index (Phi) is 5.78. The minimum Gasteiger partial charge on any atom is -0.481 e. The second-order valence-electron chi connectivity index (χ2n) is 15.5. The zero-order chi connectivity index (χ0) is 27.4. The van der Waals surface area contributed by atoms with E-state index in [1.165, 1.54) is 12.5 Å². The van der Waals surface area contributed by atoms with Crippen LogP contribution in [0.2, 0.25) is 0 Å². The van der Waals surface area contributed by atoms with Gasteiger partial charge in [0.15, 0.2) is 5.78 Å². The maximum Gasteiger partial charge on any atom is 0.309 e. The fourth-order valence-electron chi connectivity index (χ4n) is 10.8. The Balaban J connectivity index is 1.58. The van der Waals surface area contributed by atoms with Crippen LogP contribution in [0.3, 0.4) is 0 Å². The van der Waals surface area contributed by atoms with Crippen LogP contribution in [-0.4, -0.2) is 28.9 Å². The first-order chi connectivity index (χ1) is 16.9. The lowest BCUT2D eigenvalue weighted by molar-refractivity contribution is -0.210. The zero-order valence-electron chi connectivity index (χ0n) is 24.3. The summed E-state index contributed by atoms with van der Waals surface area (Å²) in [5.41, 5.74) is -0.0327. The van der Waals surface area contributed by atoms with Gasteiger partial charge in [-0.05, 0) is 104 Å². The number of carboxylic acids is 1. The van der Waals surface area contributed by atoms with Crippen LogP contribution in [0.1, 0.15) is 113 Å². The van der Waals surface area contributed by atoms with Crippen molar-refractivity contribution < 1.29 is 24.2 Å². The number of ether oxygens (including phenoxy) is 1. The number of allylic oxidation sites excluding steroid dienone is 2. The molecule has 5 rings (SSSR count). The number of carboxylic acid groups (broad SMARTS) is 1. The van der Waals surface area contributed by atoms with Crippen LogP contribution in [0.25, 0.3) is 0 Å². The van der Waals surface area contributed by atoms with Gasteiger partial charge in [-0.25, -0.2) is 0 Å². The van der Waals surface area contributed by atoms with Gasteiger partial charge in [-0.3, -0.25) is 14.4 Å². The van der Waals surface area contributed by atoms with E-state index in [1.54, 1.807) is 0 Å². The first kappa shape index (κ1) is 26.9. The zero-order valence-corrected chi connectivity index (χ0v) is 24.3. The quantitative estimate of drug-likeness (QED) is 0.404. The maximum atomic E-state index is 14.4. The van der Waals surface area contributed by atoms with Gasteiger partial charge in [-0.15, -0.1) is 0 Å². The highest BCUT2D eigenvalue weighted by Gasteiger charge is 2.70. The van der Waals surface area contributed by atoms with Crippen molar-refractivity contribution >= 4 is 17.7 Å². The number of hydrogen-bond acceptors (Lipinski definition) is 4. The van der Waals surface area contributed by atoms with Gasteiger partial charge in [0.25, 0.3) is 0 Å². The van der Waals surface area contributed by atoms with E-state index in [-0.39, 0.29) is 56.8 Å². The molecule has 3 unspecified atom stereocenters. The summed E-state index contributed by atoms with van der Waals surface area (Å²) in [7, 11) is 0. The van der Waals surface area contributed by atoms with Crippen LogP contribution in [0.5, 0.6) is 0 Å². The lowest BCUT2D eigenvalue weighted by Gasteiger charge is -2.70. The normalized spacial score (nSPS) is 50.5. The summed E-state index contributed by atoms with van der Waals surface area (Å²) in [5, 5.41) is 10.1. The van der Waals surface area contributed by atoms with E-state index in [1.807, 2.05) is 13.0 Å². The second kappa shape index (κ2) is 7.94. The molecule has 4 fully saturated rings. The number of carbonyl (C=O) groups excluding carboxylic acids is 2. The van der Waals surface area contributed by atoms with Crippen LogP contribution in [0.4, 0.5) is 0 Å². The van der Waals surface area contributed by atoms with Crippen LogP contribution < -0.4 is 0 Å². The number of carbonyl (C=O) groups is 3. The molecule has 5 nitrogen and oxygen atoms in total. The summed E-state index contributed by atoms with van der Waals surface area (Å²) >= 11 is 0. The highest BCUT2D eigenvalue weighted by atomic mass is 16.5. The summed E-state index contributed by atoms with van der Waals surface area (Å²) in [5.74, 6) is -0.280. The minimum absolute atomic E-state index is 0.0644. The topological polar surface area (TPSA) is 80.7 Å². The highest BCUT2D eigenvalue weighted by Crippen LogP contribution is 2.75. The fraction of sp³-hybridized carbons (Fsp3) is 0.844. The summed E-state index contributed by atoms with van der Waals surface area (Å²) < 4.78 is 5.82. The van der Waals surface area contributed by atoms with E-state index in [4.69, 9.17) is 4.74 Å². The van der Waals surface area contributed by atoms with E-state index in [0.29, 0.717) is 18.8 Å². The van der Waals surface area contributed by atoms with Gasteiger partial charge in [-0.2, -0.15) is 0 Å². The Hall–Kier alpha value is -1.65. The van der Waals surface area contributed by atoms with Crippen LogP contribution in [0, 0.1) is 50.2 Å². The average Bonchev–Trinajstić information content (AvgIpc) is 2.78. The number of fused-ring (bicyclic) bond motifs is 7. The van der Waals surface area contributed by atoms with Crippen LogP contribution >= 0.6 is 0 Å². The van der Waals surface area contributed by atoms with E-state index in [2.05, 4.69) is 41.5 Å². The lowest BCUT2D eigenvalue weighted by atomic mass is 9.33. The van der Waals surface area contributed by atoms with Gasteiger partial charge in [0.1, 0.15) is 6.10 Å². The van der Waals surface area contributed by atoms with Crippen molar-refractivity contribution in [1.82, 2.24) is 0 Å². The number of esters is 1. The first-order valence-electron chi connectivity index (χ1n) is 14.6. The molecule has 0 aromatic heterocycles. The van der Waals surface area contributed by atoms with Gasteiger partial charge in [0, 0.05) is 18.3 Å². The molecule has 0 spiro atoms. The van der Waals surface area contributed by atoms with Gasteiger partial charge in [-0.1, -0.05) is 47.1 Å². The third kappa shape index (κ3) is 3.43. The molecule has 0 saturated heterocycles. The summed E-state index contributed by atoms with van der Waals surface area (Å²) in [6, 6.07) is 0. The average molecular weight is 513 g/mol. The fourth-order valence-corrected chi connectivity index (χ4v) is 10.8. The Morgan fingerprint density at radius 2 is 1.57 bits per heavy atom. The molecule has 4 saturated carbocycles. The van der Waals surface area contributed by atoms with Crippen molar-refractivity contribution in [2.75, 3.05) is 0 Å². The Morgan fingerprint density at radius 3 is 2.19 bits per heavy atom. The van der Waals surface area contributed by atoms with Crippen molar-refractivity contribution in [3.05, 3.63) is 11.6 Å². The molecule has 0 aliphatic heterocycles. The van der Waals surface area contributed by atoms with Gasteiger partial charge in [0.2, 0.25) is 0 Å². The first-order valence-corrected chi connectivity index (χ1v) is 14.6. The van der Waals surface area contributed by atoms with Gasteiger partial charge >= 0.3 is 11.9 Å². The van der Waals surface area contributed by atoms with E-state index >= 15 is 0 Å². The maximum absolute atomic E-state index is 14.4. The molecule has 0 aromatic rings. The Morgan fingerprint density at radius 1 is 0.919 bits per heavy atom. The molecule has 9 atom stereocenters. The molecule has 5 heteroatoms. The molecular weight excluding hydrogens is 464 g/mol. The minimum atomic E-state index is -0.729. The molecule has 206 valence electrons. The molecule has 0 bridgehead atoms. The monoisotopic (exact) mass is 512 g/mol. The predicted octanol–water partition coefficient (Wildman–Crippen LogP) is 6.98. The van der Waals surface area contributed by atoms with Crippen molar-refractivity contribution in [2.45, 2.75) is 119 Å². The molecule has 0 amide bonds. The number of aliphatic carboxylic acids is 1. The van der Waals surface area contributed by atoms with E-state index in [9.17, 15) is 19.5 Å². The summed E-state index contributed by atoms with van der Waals surface area (Å²) in [6.45, 7) is 17.4. The van der Waals surface area contributed by atoms with Gasteiger partial charge in [0.05, 0.1) is 5.41 Å². The summed E-state index contributed by atoms with van der Waals surface area (Å²) in [4.78, 5) is 38.5. The van der Waals surface area contributed by atoms with Crippen molar-refractivity contribution in [2.24, 2.45) is 50.2 Å². The highest BCUT2D eigenvalue weighted by molar-refractivity contribution is 5.95. The molecule has 0 aromatic carbocycles. The molecule has 5 aliphatic rings. The predicted molar refractivity (Wildman–Crippen MR) is 143 cm³/mol. The van der Waals surface area contributed by atoms with Gasteiger partial charge < -0.3 is 9.84 Å². The number of ketones is 1. The van der Waals surface area contributed by atoms with E-state index < -0.39 is 11.4 Å². The van der Waals surface area contributed by atoms with Crippen LogP contribution in [0.15, 0.2) is 11.6 Å². The van der Waals surface area contributed by atoms with Crippen molar-refractivity contribution in [1.29, 1.82) is 0 Å². The van der Waals surface area contributed by atoms with Crippen molar-refractivity contribution in [3.63, 3.8) is 0 Å². The number of rotatable bonds is 2. The lowest BCUT2D eigenvalue weighted by Crippen LogP contribution is -2.66. The Bertz CT molecular complexity index is 1070. The Labute approximate surface area is 223 Å².